The van der Waals surface area contributed by atoms with E-state index in [0.29, 0.717) is 6.07 Å². The third-order valence-corrected chi connectivity index (χ3v) is 3.77. The molecule has 3 nitrogen and oxygen atoms in total. The highest BCUT2D eigenvalue weighted by Crippen LogP contribution is 2.19. The topological polar surface area (TPSA) is 43.4 Å². The molecule has 0 bridgehead atoms. The molecule has 19 heavy (non-hydrogen) atoms. The van der Waals surface area contributed by atoms with Crippen LogP contribution in [0, 0.1) is 11.6 Å². The van der Waals surface area contributed by atoms with Crippen LogP contribution in [-0.4, -0.2) is 21.0 Å². The standard InChI is InChI=1S/C13H16F2O3S/c1-8(12(16)18-13(2,3)4)19(17)11-6-5-9(14)7-10(11)15/h5-8H,1-4H3. The molecule has 2 atom stereocenters. The second-order valence-corrected chi connectivity index (χ2v) is 6.79. The van der Waals surface area contributed by atoms with Crippen molar-refractivity contribution in [3.8, 4) is 0 Å². The summed E-state index contributed by atoms with van der Waals surface area (Å²) in [6.45, 7) is 6.42. The van der Waals surface area contributed by atoms with Gasteiger partial charge in [-0.1, -0.05) is 0 Å². The summed E-state index contributed by atoms with van der Waals surface area (Å²) in [6.07, 6.45) is 0. The Morgan fingerprint density at radius 1 is 1.32 bits per heavy atom. The first-order valence-corrected chi connectivity index (χ1v) is 6.91. The Morgan fingerprint density at radius 3 is 2.37 bits per heavy atom. The Labute approximate surface area is 113 Å². The summed E-state index contributed by atoms with van der Waals surface area (Å²) in [7, 11) is -1.93. The molecule has 0 amide bonds. The van der Waals surface area contributed by atoms with E-state index in [9.17, 15) is 17.8 Å². The van der Waals surface area contributed by atoms with E-state index in [1.807, 2.05) is 0 Å². The van der Waals surface area contributed by atoms with E-state index in [-0.39, 0.29) is 4.90 Å². The first-order valence-electron chi connectivity index (χ1n) is 5.70. The fourth-order valence-electron chi connectivity index (χ4n) is 1.30. The van der Waals surface area contributed by atoms with Crippen LogP contribution in [0.4, 0.5) is 8.78 Å². The number of rotatable bonds is 3. The van der Waals surface area contributed by atoms with Gasteiger partial charge < -0.3 is 4.74 Å². The van der Waals surface area contributed by atoms with Gasteiger partial charge in [0.25, 0.3) is 0 Å². The first kappa shape index (κ1) is 15.8. The molecule has 0 fully saturated rings. The molecular formula is C13H16F2O3S. The monoisotopic (exact) mass is 290 g/mol. The van der Waals surface area contributed by atoms with Gasteiger partial charge in [-0.3, -0.25) is 9.00 Å². The predicted octanol–water partition coefficient (Wildman–Crippen LogP) is 2.80. The number of hydrogen-bond donors (Lipinski definition) is 0. The molecule has 6 heteroatoms. The molecule has 1 aromatic carbocycles. The number of esters is 1. The number of ether oxygens (including phenoxy) is 1. The fraction of sp³-hybridized carbons (Fsp3) is 0.462. The molecule has 2 unspecified atom stereocenters. The summed E-state index contributed by atoms with van der Waals surface area (Å²) in [6, 6.07) is 2.70. The van der Waals surface area contributed by atoms with Crippen LogP contribution in [0.15, 0.2) is 23.1 Å². The average Bonchev–Trinajstić information content (AvgIpc) is 2.24. The molecule has 0 N–H and O–H groups in total. The highest BCUT2D eigenvalue weighted by molar-refractivity contribution is 7.86. The number of hydrogen-bond acceptors (Lipinski definition) is 3. The number of carbonyl (C=O) groups excluding carboxylic acids is 1. The van der Waals surface area contributed by atoms with Gasteiger partial charge in [0.2, 0.25) is 0 Å². The lowest BCUT2D eigenvalue weighted by Crippen LogP contribution is -2.32. The third kappa shape index (κ3) is 4.38. The minimum absolute atomic E-state index is 0.209. The van der Waals surface area contributed by atoms with Crippen LogP contribution in [-0.2, 0) is 20.3 Å². The minimum Gasteiger partial charge on any atom is -0.459 e. The van der Waals surface area contributed by atoms with Crippen molar-refractivity contribution in [1.82, 2.24) is 0 Å². The molecule has 0 heterocycles. The van der Waals surface area contributed by atoms with Gasteiger partial charge in [-0.2, -0.15) is 0 Å². The second-order valence-electron chi connectivity index (χ2n) is 5.05. The van der Waals surface area contributed by atoms with E-state index in [4.69, 9.17) is 4.74 Å². The lowest BCUT2D eigenvalue weighted by atomic mass is 10.2. The van der Waals surface area contributed by atoms with Crippen LogP contribution in [0.3, 0.4) is 0 Å². The largest absolute Gasteiger partial charge is 0.459 e. The van der Waals surface area contributed by atoms with Crippen LogP contribution in [0.2, 0.25) is 0 Å². The van der Waals surface area contributed by atoms with Crippen molar-refractivity contribution in [3.05, 3.63) is 29.8 Å². The highest BCUT2D eigenvalue weighted by atomic mass is 32.2. The van der Waals surface area contributed by atoms with Crippen molar-refractivity contribution >= 4 is 16.8 Å². The summed E-state index contributed by atoms with van der Waals surface area (Å²) in [4.78, 5) is 11.5. The maximum absolute atomic E-state index is 13.5. The van der Waals surface area contributed by atoms with Crippen molar-refractivity contribution < 1.29 is 22.5 Å². The molecule has 0 spiro atoms. The molecule has 1 rings (SSSR count). The van der Waals surface area contributed by atoms with Crippen molar-refractivity contribution in [1.29, 1.82) is 0 Å². The molecular weight excluding hydrogens is 274 g/mol. The van der Waals surface area contributed by atoms with Crippen molar-refractivity contribution in [3.63, 3.8) is 0 Å². The maximum atomic E-state index is 13.5. The molecule has 0 aromatic heterocycles. The lowest BCUT2D eigenvalue weighted by molar-refractivity contribution is -0.153. The Morgan fingerprint density at radius 2 is 1.89 bits per heavy atom. The predicted molar refractivity (Wildman–Crippen MR) is 68.1 cm³/mol. The Hall–Kier alpha value is -1.30. The van der Waals surface area contributed by atoms with Gasteiger partial charge in [0.15, 0.2) is 0 Å². The molecule has 0 radical (unpaired) electrons. The van der Waals surface area contributed by atoms with Crippen LogP contribution >= 0.6 is 0 Å². The summed E-state index contributed by atoms with van der Waals surface area (Å²) in [5.41, 5.74) is -0.711. The summed E-state index contributed by atoms with van der Waals surface area (Å²) >= 11 is 0. The van der Waals surface area contributed by atoms with Crippen molar-refractivity contribution in [2.45, 2.75) is 43.4 Å². The Kier molecular flexibility index (Phi) is 4.79. The molecule has 0 aliphatic rings. The van der Waals surface area contributed by atoms with E-state index in [1.54, 1.807) is 20.8 Å². The minimum atomic E-state index is -1.93. The van der Waals surface area contributed by atoms with Gasteiger partial charge in [0.05, 0.1) is 15.7 Å². The van der Waals surface area contributed by atoms with Crippen molar-refractivity contribution in [2.75, 3.05) is 0 Å². The summed E-state index contributed by atoms with van der Waals surface area (Å²) in [5.74, 6) is -2.38. The molecule has 0 saturated heterocycles. The smallest absolute Gasteiger partial charge is 0.322 e. The van der Waals surface area contributed by atoms with Gasteiger partial charge in [-0.15, -0.1) is 0 Å². The van der Waals surface area contributed by atoms with Crippen LogP contribution in [0.25, 0.3) is 0 Å². The van der Waals surface area contributed by atoms with E-state index in [1.165, 1.54) is 6.92 Å². The molecule has 1 aromatic rings. The molecule has 0 aliphatic heterocycles. The molecule has 0 saturated carbocycles. The zero-order valence-corrected chi connectivity index (χ0v) is 12.0. The van der Waals surface area contributed by atoms with E-state index < -0.39 is 39.3 Å². The first-order chi connectivity index (χ1) is 8.61. The Balaban J connectivity index is 2.91. The summed E-state index contributed by atoms with van der Waals surface area (Å²) in [5, 5.41) is -1.03. The highest BCUT2D eigenvalue weighted by Gasteiger charge is 2.28. The third-order valence-electron chi connectivity index (χ3n) is 2.17. The SMILES string of the molecule is CC(C(=O)OC(C)(C)C)S(=O)c1ccc(F)cc1F. The van der Waals surface area contributed by atoms with Crippen LogP contribution in [0.1, 0.15) is 27.7 Å². The van der Waals surface area contributed by atoms with E-state index in [0.717, 1.165) is 12.1 Å². The Bertz CT molecular complexity index is 509. The molecule has 0 aliphatic carbocycles. The fourth-order valence-corrected chi connectivity index (χ4v) is 2.36. The number of benzene rings is 1. The van der Waals surface area contributed by atoms with Gasteiger partial charge >= 0.3 is 5.97 Å². The zero-order valence-electron chi connectivity index (χ0n) is 11.2. The maximum Gasteiger partial charge on any atom is 0.322 e. The van der Waals surface area contributed by atoms with Crippen LogP contribution in [0.5, 0.6) is 0 Å². The van der Waals surface area contributed by atoms with Gasteiger partial charge in [0, 0.05) is 6.07 Å². The molecule has 106 valence electrons. The normalized spacial score (nSPS) is 14.8. The van der Waals surface area contributed by atoms with Crippen LogP contribution < -0.4 is 0 Å². The van der Waals surface area contributed by atoms with Gasteiger partial charge in [0.1, 0.15) is 22.5 Å². The number of carbonyl (C=O) groups is 1. The van der Waals surface area contributed by atoms with Gasteiger partial charge in [-0.05, 0) is 39.8 Å². The van der Waals surface area contributed by atoms with Crippen molar-refractivity contribution in [2.24, 2.45) is 0 Å². The quantitative estimate of drug-likeness (QED) is 0.804. The van der Waals surface area contributed by atoms with Gasteiger partial charge in [-0.25, -0.2) is 8.78 Å². The summed E-state index contributed by atoms with van der Waals surface area (Å²) < 4.78 is 43.4. The van der Waals surface area contributed by atoms with E-state index >= 15 is 0 Å². The number of halogens is 2. The van der Waals surface area contributed by atoms with E-state index in [2.05, 4.69) is 0 Å². The second kappa shape index (κ2) is 5.77. The average molecular weight is 290 g/mol. The zero-order chi connectivity index (χ0) is 14.8. The lowest BCUT2D eigenvalue weighted by Gasteiger charge is -2.22.